The summed E-state index contributed by atoms with van der Waals surface area (Å²) in [6.45, 7) is 1.80. The molecule has 0 unspecified atom stereocenters. The van der Waals surface area contributed by atoms with Crippen molar-refractivity contribution < 1.29 is 4.74 Å². The number of hydrogen-bond donors (Lipinski definition) is 1. The van der Waals surface area contributed by atoms with E-state index < -0.39 is 0 Å². The van der Waals surface area contributed by atoms with Gasteiger partial charge in [-0.05, 0) is 50.1 Å². The summed E-state index contributed by atoms with van der Waals surface area (Å²) < 4.78 is 6.14. The number of nitriles is 1. The molecule has 0 aromatic rings. The molecule has 0 bridgehead atoms. The van der Waals surface area contributed by atoms with Gasteiger partial charge >= 0.3 is 0 Å². The van der Waals surface area contributed by atoms with Crippen LogP contribution in [0.25, 0.3) is 0 Å². The molecule has 0 saturated heterocycles. The van der Waals surface area contributed by atoms with Crippen LogP contribution in [0.3, 0.4) is 0 Å². The first-order valence-electron chi connectivity index (χ1n) is 10.9. The van der Waals surface area contributed by atoms with Gasteiger partial charge in [-0.3, -0.25) is 4.90 Å². The lowest BCUT2D eigenvalue weighted by molar-refractivity contribution is 0.207. The lowest BCUT2D eigenvalue weighted by Crippen LogP contribution is -2.39. The van der Waals surface area contributed by atoms with Gasteiger partial charge in [0.25, 0.3) is 0 Å². The van der Waals surface area contributed by atoms with Crippen LogP contribution in [0.2, 0.25) is 0 Å². The Balaban J connectivity index is 1.71. The monoisotopic (exact) mass is 367 g/mol. The van der Waals surface area contributed by atoms with Crippen molar-refractivity contribution in [2.45, 2.75) is 64.2 Å². The predicted molar refractivity (Wildman–Crippen MR) is 107 cm³/mol. The second kappa shape index (κ2) is 8.10. The Morgan fingerprint density at radius 1 is 1.04 bits per heavy atom. The molecule has 4 heteroatoms. The summed E-state index contributed by atoms with van der Waals surface area (Å²) in [5.74, 6) is 2.70. The Hall–Kier alpha value is -1.73. The molecule has 2 saturated carbocycles. The van der Waals surface area contributed by atoms with Gasteiger partial charge in [-0.25, -0.2) is 0 Å². The molecule has 0 amide bonds. The molecule has 0 radical (unpaired) electrons. The molecule has 2 N–H and O–H groups in total. The van der Waals surface area contributed by atoms with Gasteiger partial charge in [0.1, 0.15) is 11.8 Å². The molecule has 146 valence electrons. The van der Waals surface area contributed by atoms with E-state index in [1.807, 2.05) is 0 Å². The summed E-state index contributed by atoms with van der Waals surface area (Å²) in [4.78, 5) is 2.38. The fourth-order valence-electron chi connectivity index (χ4n) is 5.68. The van der Waals surface area contributed by atoms with Gasteiger partial charge in [-0.15, -0.1) is 0 Å². The fraction of sp³-hybridized carbons (Fsp3) is 0.696. The molecule has 2 heterocycles. The topological polar surface area (TPSA) is 62.3 Å². The maximum atomic E-state index is 9.83. The van der Waals surface area contributed by atoms with E-state index in [2.05, 4.69) is 24.1 Å². The van der Waals surface area contributed by atoms with Crippen LogP contribution in [0.5, 0.6) is 0 Å². The smallest absolute Gasteiger partial charge is 0.205 e. The third kappa shape index (κ3) is 3.80. The SMILES string of the molecule is CN1CC2=C(OC(N)=C(C#N)[C@@H]2C2CCCCC2)/C(=C/C2CCCCC2)C1. The predicted octanol–water partition coefficient (Wildman–Crippen LogP) is 4.61. The summed E-state index contributed by atoms with van der Waals surface area (Å²) in [6, 6.07) is 2.40. The Morgan fingerprint density at radius 2 is 1.70 bits per heavy atom. The average molecular weight is 368 g/mol. The molecule has 4 nitrogen and oxygen atoms in total. The van der Waals surface area contributed by atoms with E-state index in [0.29, 0.717) is 23.3 Å². The lowest BCUT2D eigenvalue weighted by Gasteiger charge is -2.41. The molecular weight excluding hydrogens is 334 g/mol. The van der Waals surface area contributed by atoms with E-state index >= 15 is 0 Å². The second-order valence-electron chi connectivity index (χ2n) is 8.98. The van der Waals surface area contributed by atoms with Crippen LogP contribution >= 0.6 is 0 Å². The summed E-state index contributed by atoms with van der Waals surface area (Å²) in [6.07, 6.45) is 15.3. The van der Waals surface area contributed by atoms with Gasteiger partial charge < -0.3 is 10.5 Å². The number of rotatable bonds is 2. The molecule has 27 heavy (non-hydrogen) atoms. The van der Waals surface area contributed by atoms with E-state index in [1.54, 1.807) is 0 Å². The highest BCUT2D eigenvalue weighted by atomic mass is 16.5. The zero-order valence-corrected chi connectivity index (χ0v) is 16.7. The number of ether oxygens (including phenoxy) is 1. The van der Waals surface area contributed by atoms with Gasteiger partial charge in [-0.1, -0.05) is 44.6 Å². The zero-order chi connectivity index (χ0) is 18.8. The Morgan fingerprint density at radius 3 is 2.37 bits per heavy atom. The maximum absolute atomic E-state index is 9.83. The van der Waals surface area contributed by atoms with Crippen LogP contribution in [0, 0.1) is 29.1 Å². The maximum Gasteiger partial charge on any atom is 0.205 e. The van der Waals surface area contributed by atoms with Crippen molar-refractivity contribution in [1.29, 1.82) is 5.26 Å². The van der Waals surface area contributed by atoms with Crippen molar-refractivity contribution >= 4 is 0 Å². The van der Waals surface area contributed by atoms with Crippen LogP contribution < -0.4 is 5.73 Å². The average Bonchev–Trinajstić information content (AvgIpc) is 2.69. The van der Waals surface area contributed by atoms with Crippen LogP contribution in [-0.2, 0) is 4.74 Å². The molecular formula is C23H33N3O. The molecule has 2 aliphatic carbocycles. The molecule has 1 atom stereocenters. The molecule has 0 spiro atoms. The van der Waals surface area contributed by atoms with Gasteiger partial charge in [0.05, 0.1) is 5.57 Å². The molecule has 0 aromatic heterocycles. The molecule has 4 rings (SSSR count). The normalized spacial score (nSPS) is 30.2. The minimum atomic E-state index is 0.150. The van der Waals surface area contributed by atoms with Crippen LogP contribution in [0.4, 0.5) is 0 Å². The summed E-state index contributed by atoms with van der Waals surface area (Å²) in [5, 5.41) is 9.83. The van der Waals surface area contributed by atoms with Crippen molar-refractivity contribution in [3.63, 3.8) is 0 Å². The van der Waals surface area contributed by atoms with E-state index in [4.69, 9.17) is 10.5 Å². The lowest BCUT2D eigenvalue weighted by atomic mass is 9.71. The number of nitrogens with two attached hydrogens (primary N) is 1. The minimum Gasteiger partial charge on any atom is -0.440 e. The third-order valence-electron chi connectivity index (χ3n) is 6.96. The summed E-state index contributed by atoms with van der Waals surface area (Å²) in [7, 11) is 2.18. The quantitative estimate of drug-likeness (QED) is 0.774. The van der Waals surface area contributed by atoms with Gasteiger partial charge in [-0.2, -0.15) is 5.26 Å². The van der Waals surface area contributed by atoms with Crippen molar-refractivity contribution in [2.24, 2.45) is 23.5 Å². The fourth-order valence-corrected chi connectivity index (χ4v) is 5.68. The van der Waals surface area contributed by atoms with Crippen LogP contribution in [0.15, 0.2) is 34.4 Å². The summed E-state index contributed by atoms with van der Waals surface area (Å²) in [5.41, 5.74) is 9.56. The highest BCUT2D eigenvalue weighted by molar-refractivity contribution is 5.47. The van der Waals surface area contributed by atoms with Crippen molar-refractivity contribution in [3.8, 4) is 6.07 Å². The van der Waals surface area contributed by atoms with E-state index in [1.165, 1.54) is 75.4 Å². The first-order chi connectivity index (χ1) is 13.2. The molecule has 4 aliphatic rings. The number of likely N-dealkylation sites (N-methyl/N-ethyl adjacent to an activating group) is 1. The molecule has 2 aliphatic heterocycles. The minimum absolute atomic E-state index is 0.150. The molecule has 0 aromatic carbocycles. The second-order valence-corrected chi connectivity index (χ2v) is 8.98. The Kier molecular flexibility index (Phi) is 5.59. The van der Waals surface area contributed by atoms with Crippen molar-refractivity contribution in [1.82, 2.24) is 4.90 Å². The van der Waals surface area contributed by atoms with Crippen molar-refractivity contribution in [2.75, 3.05) is 20.1 Å². The highest BCUT2D eigenvalue weighted by Gasteiger charge is 2.40. The first-order valence-corrected chi connectivity index (χ1v) is 10.9. The van der Waals surface area contributed by atoms with Crippen molar-refractivity contribution in [3.05, 3.63) is 34.4 Å². The number of hydrogen-bond acceptors (Lipinski definition) is 4. The Labute approximate surface area is 163 Å². The third-order valence-corrected chi connectivity index (χ3v) is 6.96. The Bertz CT molecular complexity index is 700. The zero-order valence-electron chi connectivity index (χ0n) is 16.7. The van der Waals surface area contributed by atoms with Crippen LogP contribution in [-0.4, -0.2) is 25.0 Å². The van der Waals surface area contributed by atoms with Gasteiger partial charge in [0.2, 0.25) is 5.88 Å². The van der Waals surface area contributed by atoms with Gasteiger partial charge in [0.15, 0.2) is 0 Å². The number of allylic oxidation sites excluding steroid dienone is 2. The number of nitrogens with zero attached hydrogens (tertiary/aromatic N) is 2. The van der Waals surface area contributed by atoms with E-state index in [0.717, 1.165) is 18.8 Å². The highest BCUT2D eigenvalue weighted by Crippen LogP contribution is 2.45. The van der Waals surface area contributed by atoms with Crippen LogP contribution in [0.1, 0.15) is 64.2 Å². The first kappa shape index (κ1) is 18.6. The largest absolute Gasteiger partial charge is 0.440 e. The van der Waals surface area contributed by atoms with E-state index in [-0.39, 0.29) is 5.92 Å². The standard InChI is InChI=1S/C23H33N3O/c1-26-14-18(12-16-8-4-2-5-9-16)22-20(15-26)21(17-10-6-3-7-11-17)19(13-24)23(25)27-22/h12,16-17,21H,2-11,14-15,25H2,1H3/b18-12+/t21-/m0/s1. The summed E-state index contributed by atoms with van der Waals surface area (Å²) >= 11 is 0. The van der Waals surface area contributed by atoms with Gasteiger partial charge in [0, 0.05) is 24.6 Å². The molecule has 2 fully saturated rings. The van der Waals surface area contributed by atoms with E-state index in [9.17, 15) is 5.26 Å².